The molecular formula is C29H24ClF3N2O4. The summed E-state index contributed by atoms with van der Waals surface area (Å²) in [6, 6.07) is 16.4. The Morgan fingerprint density at radius 3 is 2.28 bits per heavy atom. The molecule has 2 heterocycles. The van der Waals surface area contributed by atoms with Crippen LogP contribution in [0.5, 0.6) is 5.75 Å². The molecule has 2 atom stereocenters. The molecule has 10 heteroatoms. The minimum Gasteiger partial charge on any atom is -0.497 e. The van der Waals surface area contributed by atoms with Crippen molar-refractivity contribution in [3.8, 4) is 5.75 Å². The van der Waals surface area contributed by atoms with Gasteiger partial charge in [0.05, 0.1) is 37.9 Å². The second-order valence-electron chi connectivity index (χ2n) is 9.43. The van der Waals surface area contributed by atoms with Crippen LogP contribution in [0.4, 0.5) is 23.7 Å². The number of hydrogen-bond acceptors (Lipinski definition) is 4. The number of nitrogens with zero attached hydrogens (tertiary/aromatic N) is 2. The molecule has 2 aliphatic heterocycles. The summed E-state index contributed by atoms with van der Waals surface area (Å²) in [6.07, 6.45) is -4.05. The van der Waals surface area contributed by atoms with Gasteiger partial charge in [-0.3, -0.25) is 9.80 Å². The summed E-state index contributed by atoms with van der Waals surface area (Å²) in [5, 5.41) is 0.0604. The number of methoxy groups -OCH3 is 2. The van der Waals surface area contributed by atoms with Crippen LogP contribution in [0.2, 0.25) is 5.02 Å². The smallest absolute Gasteiger partial charge is 0.417 e. The fourth-order valence-electron chi connectivity index (χ4n) is 5.44. The van der Waals surface area contributed by atoms with E-state index in [0.717, 1.165) is 18.9 Å². The Morgan fingerprint density at radius 2 is 1.69 bits per heavy atom. The van der Waals surface area contributed by atoms with Crippen molar-refractivity contribution in [1.29, 1.82) is 0 Å². The number of carbonyl (C=O) groups excluding carboxylic acids is 2. The quantitative estimate of drug-likeness (QED) is 0.328. The average molecular weight is 557 g/mol. The number of rotatable bonds is 5. The zero-order valence-electron chi connectivity index (χ0n) is 21.3. The van der Waals surface area contributed by atoms with Crippen LogP contribution in [0.1, 0.15) is 28.2 Å². The lowest BCUT2D eigenvalue weighted by atomic mass is 9.70. The summed E-state index contributed by atoms with van der Waals surface area (Å²) < 4.78 is 56.9. The molecule has 0 aromatic heterocycles. The van der Waals surface area contributed by atoms with Crippen molar-refractivity contribution in [1.82, 2.24) is 4.90 Å². The number of benzene rings is 3. The van der Waals surface area contributed by atoms with Crippen LogP contribution in [-0.4, -0.2) is 37.3 Å². The molecule has 2 aliphatic rings. The van der Waals surface area contributed by atoms with Gasteiger partial charge in [-0.05, 0) is 48.4 Å². The standard InChI is InChI=1S/C29H24ClF3N2O4/c1-17-4-8-19(9-5-17)25-22(26(36)39-3)16-35-27(37)34(15-18-6-11-21(38-2)12-7-18)24-13-10-20(30)14-23(24)28(25,35)29(31,32)33/h4-14,16,25H,15H2,1-3H3/t25-,28-/m1/s1. The Bertz CT molecular complexity index is 1470. The van der Waals surface area contributed by atoms with E-state index in [1.54, 1.807) is 43.3 Å². The molecule has 0 aliphatic carbocycles. The Morgan fingerprint density at radius 1 is 1.03 bits per heavy atom. The second-order valence-corrected chi connectivity index (χ2v) is 9.87. The summed E-state index contributed by atoms with van der Waals surface area (Å²) in [5.74, 6) is -1.97. The molecular weight excluding hydrogens is 533 g/mol. The summed E-state index contributed by atoms with van der Waals surface area (Å²) in [7, 11) is 2.61. The lowest BCUT2D eigenvalue weighted by Crippen LogP contribution is -2.63. The van der Waals surface area contributed by atoms with Crippen LogP contribution in [-0.2, 0) is 21.6 Å². The van der Waals surface area contributed by atoms with Crippen LogP contribution in [0.15, 0.2) is 78.5 Å². The molecule has 0 bridgehead atoms. The lowest BCUT2D eigenvalue weighted by Gasteiger charge is -2.50. The Balaban J connectivity index is 1.78. The third-order valence-corrected chi connectivity index (χ3v) is 7.47. The van der Waals surface area contributed by atoms with E-state index in [2.05, 4.69) is 0 Å². The number of amides is 2. The van der Waals surface area contributed by atoms with Gasteiger partial charge in [0.1, 0.15) is 5.75 Å². The van der Waals surface area contributed by atoms with E-state index in [4.69, 9.17) is 21.1 Å². The molecule has 0 saturated heterocycles. The highest BCUT2D eigenvalue weighted by atomic mass is 35.5. The Hall–Kier alpha value is -3.98. The predicted octanol–water partition coefficient (Wildman–Crippen LogP) is 6.71. The minimum atomic E-state index is -5.02. The van der Waals surface area contributed by atoms with Crippen LogP contribution in [0, 0.1) is 6.92 Å². The Kier molecular flexibility index (Phi) is 6.58. The second kappa shape index (κ2) is 9.64. The highest BCUT2D eigenvalue weighted by Gasteiger charge is 2.72. The van der Waals surface area contributed by atoms with Gasteiger partial charge in [-0.1, -0.05) is 53.6 Å². The van der Waals surface area contributed by atoms with Gasteiger partial charge in [-0.25, -0.2) is 9.59 Å². The topological polar surface area (TPSA) is 59.1 Å². The first kappa shape index (κ1) is 26.6. The van der Waals surface area contributed by atoms with Crippen molar-refractivity contribution in [3.05, 3.63) is 106 Å². The van der Waals surface area contributed by atoms with E-state index in [1.165, 1.54) is 42.3 Å². The molecule has 6 nitrogen and oxygen atoms in total. The average Bonchev–Trinajstić information content (AvgIpc) is 3.29. The first-order valence-corrected chi connectivity index (χ1v) is 12.4. The molecule has 0 fully saturated rings. The third-order valence-electron chi connectivity index (χ3n) is 7.24. The third kappa shape index (κ3) is 4.12. The van der Waals surface area contributed by atoms with E-state index < -0.39 is 29.6 Å². The van der Waals surface area contributed by atoms with Crippen LogP contribution in [0.3, 0.4) is 0 Å². The van der Waals surface area contributed by atoms with E-state index >= 15 is 13.2 Å². The van der Waals surface area contributed by atoms with E-state index in [9.17, 15) is 9.59 Å². The minimum absolute atomic E-state index is 0.0293. The van der Waals surface area contributed by atoms with Crippen molar-refractivity contribution in [3.63, 3.8) is 0 Å². The van der Waals surface area contributed by atoms with Crippen molar-refractivity contribution in [2.45, 2.75) is 31.1 Å². The van der Waals surface area contributed by atoms with Gasteiger partial charge in [0.15, 0.2) is 5.54 Å². The largest absolute Gasteiger partial charge is 0.497 e. The number of alkyl halides is 3. The summed E-state index contributed by atoms with van der Waals surface area (Å²) in [4.78, 5) is 28.8. The number of ether oxygens (including phenoxy) is 2. The lowest BCUT2D eigenvalue weighted by molar-refractivity contribution is -0.223. The van der Waals surface area contributed by atoms with Crippen LogP contribution >= 0.6 is 11.6 Å². The van der Waals surface area contributed by atoms with Crippen LogP contribution < -0.4 is 9.64 Å². The molecule has 0 saturated carbocycles. The fraction of sp³-hybridized carbons (Fsp3) is 0.241. The number of hydrogen-bond donors (Lipinski definition) is 0. The summed E-state index contributed by atoms with van der Waals surface area (Å²) in [6.45, 7) is 1.77. The van der Waals surface area contributed by atoms with Crippen molar-refractivity contribution < 1.29 is 32.2 Å². The van der Waals surface area contributed by atoms with Crippen molar-refractivity contribution in [2.24, 2.45) is 0 Å². The van der Waals surface area contributed by atoms with E-state index in [0.29, 0.717) is 16.2 Å². The van der Waals surface area contributed by atoms with Gasteiger partial charge in [0, 0.05) is 16.8 Å². The van der Waals surface area contributed by atoms with Gasteiger partial charge < -0.3 is 9.47 Å². The molecule has 39 heavy (non-hydrogen) atoms. The molecule has 3 aromatic carbocycles. The maximum atomic E-state index is 15.6. The predicted molar refractivity (Wildman–Crippen MR) is 140 cm³/mol. The number of urea groups is 1. The molecule has 2 amide bonds. The van der Waals surface area contributed by atoms with Gasteiger partial charge in [-0.2, -0.15) is 13.2 Å². The monoisotopic (exact) mass is 556 g/mol. The molecule has 3 aromatic rings. The van der Waals surface area contributed by atoms with Gasteiger partial charge in [0.25, 0.3) is 0 Å². The zero-order chi connectivity index (χ0) is 28.1. The molecule has 0 unspecified atom stereocenters. The van der Waals surface area contributed by atoms with Crippen molar-refractivity contribution in [2.75, 3.05) is 19.1 Å². The fourth-order valence-corrected chi connectivity index (χ4v) is 5.61. The zero-order valence-corrected chi connectivity index (χ0v) is 22.0. The number of carbonyl (C=O) groups is 2. The summed E-state index contributed by atoms with van der Waals surface area (Å²) in [5.41, 5.74) is -1.73. The normalized spacial score (nSPS) is 20.3. The maximum Gasteiger partial charge on any atom is 0.417 e. The molecule has 5 rings (SSSR count). The first-order valence-electron chi connectivity index (χ1n) is 12.0. The highest BCUT2D eigenvalue weighted by molar-refractivity contribution is 6.30. The summed E-state index contributed by atoms with van der Waals surface area (Å²) >= 11 is 6.29. The highest BCUT2D eigenvalue weighted by Crippen LogP contribution is 2.63. The van der Waals surface area contributed by atoms with Crippen LogP contribution in [0.25, 0.3) is 0 Å². The van der Waals surface area contributed by atoms with Gasteiger partial charge >= 0.3 is 18.2 Å². The Labute approximate surface area is 228 Å². The SMILES string of the molecule is COC(=O)C1=CN2C(=O)N(Cc3ccc(OC)cc3)c3ccc(Cl)cc3[C@]2(C(F)(F)F)[C@@H]1c1ccc(C)cc1. The molecule has 202 valence electrons. The number of esters is 1. The molecule has 0 N–H and O–H groups in total. The molecule has 0 spiro atoms. The van der Waals surface area contributed by atoms with Gasteiger partial charge in [0.2, 0.25) is 0 Å². The van der Waals surface area contributed by atoms with Crippen molar-refractivity contribution >= 4 is 29.3 Å². The number of anilines is 1. The van der Waals surface area contributed by atoms with E-state index in [-0.39, 0.29) is 34.0 Å². The van der Waals surface area contributed by atoms with E-state index in [1.807, 2.05) is 0 Å². The number of fused-ring (bicyclic) bond motifs is 3. The maximum absolute atomic E-state index is 15.6. The molecule has 0 radical (unpaired) electrons. The number of aryl methyl sites for hydroxylation is 1. The van der Waals surface area contributed by atoms with Gasteiger partial charge in [-0.15, -0.1) is 0 Å². The first-order chi connectivity index (χ1) is 18.5. The number of halogens is 4.